The number of carbonyl (C=O) groups is 1. The summed E-state index contributed by atoms with van der Waals surface area (Å²) >= 11 is 0. The molecule has 1 saturated carbocycles. The number of allylic oxidation sites excluding steroid dienone is 2. The Morgan fingerprint density at radius 1 is 1.23 bits per heavy atom. The Kier molecular flexibility index (Phi) is 4.20. The monoisotopic (exact) mass is 180 g/mol. The van der Waals surface area contributed by atoms with Gasteiger partial charge in [-0.1, -0.05) is 37.7 Å². The minimum Gasteiger partial charge on any atom is -0.295 e. The number of carbonyl (C=O) groups excluding carboxylic acids is 1. The van der Waals surface area contributed by atoms with E-state index in [1.54, 1.807) is 13.0 Å². The molecule has 0 heterocycles. The van der Waals surface area contributed by atoms with E-state index in [2.05, 4.69) is 6.92 Å². The van der Waals surface area contributed by atoms with Crippen molar-refractivity contribution in [2.24, 2.45) is 5.92 Å². The van der Waals surface area contributed by atoms with Gasteiger partial charge in [0.1, 0.15) is 0 Å². The van der Waals surface area contributed by atoms with Crippen LogP contribution in [0.2, 0.25) is 0 Å². The van der Waals surface area contributed by atoms with Gasteiger partial charge in [0, 0.05) is 0 Å². The van der Waals surface area contributed by atoms with Crippen LogP contribution in [0.4, 0.5) is 0 Å². The summed E-state index contributed by atoms with van der Waals surface area (Å²) in [6, 6.07) is 0. The maximum Gasteiger partial charge on any atom is 0.152 e. The molecule has 0 aromatic carbocycles. The average molecular weight is 180 g/mol. The zero-order valence-corrected chi connectivity index (χ0v) is 8.81. The Hall–Kier alpha value is -0.590. The molecule has 1 fully saturated rings. The van der Waals surface area contributed by atoms with Crippen molar-refractivity contribution in [1.29, 1.82) is 0 Å². The van der Waals surface area contributed by atoms with Gasteiger partial charge in [-0.25, -0.2) is 0 Å². The second-order valence-electron chi connectivity index (χ2n) is 4.31. The van der Waals surface area contributed by atoms with E-state index < -0.39 is 0 Å². The standard InChI is InChI=1S/C12H20O/c1-10(8-11(2)13)9-12-6-4-3-5-7-12/h8,12H,3-7,9H2,1-2H3/b10-8+. The third kappa shape index (κ3) is 4.25. The van der Waals surface area contributed by atoms with Crippen molar-refractivity contribution in [3.05, 3.63) is 11.6 Å². The molecule has 0 saturated heterocycles. The van der Waals surface area contributed by atoms with Crippen LogP contribution in [0, 0.1) is 5.92 Å². The van der Waals surface area contributed by atoms with Crippen molar-refractivity contribution in [2.75, 3.05) is 0 Å². The molecule has 0 aromatic heterocycles. The Balaban J connectivity index is 2.33. The van der Waals surface area contributed by atoms with Crippen molar-refractivity contribution in [3.8, 4) is 0 Å². The molecule has 13 heavy (non-hydrogen) atoms. The van der Waals surface area contributed by atoms with Gasteiger partial charge in [-0.05, 0) is 32.3 Å². The molecule has 0 aliphatic heterocycles. The van der Waals surface area contributed by atoms with Crippen LogP contribution >= 0.6 is 0 Å². The summed E-state index contributed by atoms with van der Waals surface area (Å²) in [6.07, 6.45) is 9.84. The summed E-state index contributed by atoms with van der Waals surface area (Å²) in [5.41, 5.74) is 1.26. The Bertz CT molecular complexity index is 197. The first-order valence-corrected chi connectivity index (χ1v) is 5.36. The van der Waals surface area contributed by atoms with Gasteiger partial charge < -0.3 is 0 Å². The van der Waals surface area contributed by atoms with Crippen LogP contribution in [0.5, 0.6) is 0 Å². The van der Waals surface area contributed by atoms with Gasteiger partial charge in [0.25, 0.3) is 0 Å². The molecule has 0 unspecified atom stereocenters. The molecule has 1 heteroatoms. The predicted octanol–water partition coefficient (Wildman–Crippen LogP) is 3.49. The fraction of sp³-hybridized carbons (Fsp3) is 0.750. The molecule has 0 atom stereocenters. The topological polar surface area (TPSA) is 17.1 Å². The summed E-state index contributed by atoms with van der Waals surface area (Å²) < 4.78 is 0. The van der Waals surface area contributed by atoms with Crippen molar-refractivity contribution in [1.82, 2.24) is 0 Å². The summed E-state index contributed by atoms with van der Waals surface area (Å²) in [6.45, 7) is 3.71. The first-order valence-electron chi connectivity index (χ1n) is 5.36. The highest BCUT2D eigenvalue weighted by atomic mass is 16.1. The lowest BCUT2D eigenvalue weighted by atomic mass is 9.85. The van der Waals surface area contributed by atoms with Gasteiger partial charge >= 0.3 is 0 Å². The first-order chi connectivity index (χ1) is 6.18. The molecule has 0 aromatic rings. The SMILES string of the molecule is CC(=O)/C=C(\C)CC1CCCCC1. The van der Waals surface area contributed by atoms with Crippen molar-refractivity contribution in [2.45, 2.75) is 52.4 Å². The van der Waals surface area contributed by atoms with Crippen molar-refractivity contribution < 1.29 is 4.79 Å². The Labute approximate surface area is 81.2 Å². The van der Waals surface area contributed by atoms with E-state index in [1.807, 2.05) is 0 Å². The van der Waals surface area contributed by atoms with E-state index in [0.717, 1.165) is 12.3 Å². The highest BCUT2D eigenvalue weighted by Gasteiger charge is 2.13. The third-order valence-electron chi connectivity index (χ3n) is 2.79. The second kappa shape index (κ2) is 5.21. The molecule has 0 N–H and O–H groups in total. The fourth-order valence-corrected chi connectivity index (χ4v) is 2.25. The fourth-order valence-electron chi connectivity index (χ4n) is 2.25. The van der Waals surface area contributed by atoms with Gasteiger partial charge in [-0.2, -0.15) is 0 Å². The predicted molar refractivity (Wildman–Crippen MR) is 55.6 cm³/mol. The van der Waals surface area contributed by atoms with Gasteiger partial charge in [0.15, 0.2) is 5.78 Å². The van der Waals surface area contributed by atoms with E-state index >= 15 is 0 Å². The van der Waals surface area contributed by atoms with E-state index in [-0.39, 0.29) is 5.78 Å². The number of hydrogen-bond donors (Lipinski definition) is 0. The number of hydrogen-bond acceptors (Lipinski definition) is 1. The first kappa shape index (κ1) is 10.5. The van der Waals surface area contributed by atoms with Crippen LogP contribution in [-0.2, 0) is 4.79 Å². The molecule has 0 spiro atoms. The third-order valence-corrected chi connectivity index (χ3v) is 2.79. The molecule has 1 aliphatic rings. The van der Waals surface area contributed by atoms with Gasteiger partial charge in [-0.3, -0.25) is 4.79 Å². The summed E-state index contributed by atoms with van der Waals surface area (Å²) in [5, 5.41) is 0. The minimum absolute atomic E-state index is 0.188. The molecule has 1 aliphatic carbocycles. The lowest BCUT2D eigenvalue weighted by Crippen LogP contribution is -2.06. The molecule has 0 radical (unpaired) electrons. The maximum absolute atomic E-state index is 10.8. The van der Waals surface area contributed by atoms with Crippen LogP contribution in [0.15, 0.2) is 11.6 Å². The van der Waals surface area contributed by atoms with Gasteiger partial charge in [0.05, 0.1) is 0 Å². The lowest BCUT2D eigenvalue weighted by molar-refractivity contribution is -0.112. The van der Waals surface area contributed by atoms with Crippen LogP contribution in [-0.4, -0.2) is 5.78 Å². The number of rotatable bonds is 3. The smallest absolute Gasteiger partial charge is 0.152 e. The lowest BCUT2D eigenvalue weighted by Gasteiger charge is -2.21. The van der Waals surface area contributed by atoms with E-state index in [4.69, 9.17) is 0 Å². The summed E-state index contributed by atoms with van der Waals surface area (Å²) in [7, 11) is 0. The van der Waals surface area contributed by atoms with E-state index in [1.165, 1.54) is 37.7 Å². The van der Waals surface area contributed by atoms with Gasteiger partial charge in [0.2, 0.25) is 0 Å². The summed E-state index contributed by atoms with van der Waals surface area (Å²) in [4.78, 5) is 10.8. The van der Waals surface area contributed by atoms with E-state index in [9.17, 15) is 4.79 Å². The zero-order valence-electron chi connectivity index (χ0n) is 8.81. The molecule has 0 bridgehead atoms. The largest absolute Gasteiger partial charge is 0.295 e. The Morgan fingerprint density at radius 2 is 1.85 bits per heavy atom. The quantitative estimate of drug-likeness (QED) is 0.607. The molecular weight excluding hydrogens is 160 g/mol. The molecule has 74 valence electrons. The highest BCUT2D eigenvalue weighted by molar-refractivity contribution is 5.87. The van der Waals surface area contributed by atoms with Crippen molar-refractivity contribution in [3.63, 3.8) is 0 Å². The second-order valence-corrected chi connectivity index (χ2v) is 4.31. The molecular formula is C12H20O. The molecule has 1 rings (SSSR count). The van der Waals surface area contributed by atoms with Crippen LogP contribution in [0.1, 0.15) is 52.4 Å². The summed E-state index contributed by atoms with van der Waals surface area (Å²) in [5.74, 6) is 1.04. The average Bonchev–Trinajstić information content (AvgIpc) is 2.04. The highest BCUT2D eigenvalue weighted by Crippen LogP contribution is 2.28. The number of ketones is 1. The van der Waals surface area contributed by atoms with Crippen LogP contribution < -0.4 is 0 Å². The molecule has 1 nitrogen and oxygen atoms in total. The normalized spacial score (nSPS) is 20.3. The van der Waals surface area contributed by atoms with E-state index in [0.29, 0.717) is 0 Å². The van der Waals surface area contributed by atoms with Crippen LogP contribution in [0.25, 0.3) is 0 Å². The van der Waals surface area contributed by atoms with Crippen molar-refractivity contribution >= 4 is 5.78 Å². The zero-order chi connectivity index (χ0) is 9.68. The Morgan fingerprint density at radius 3 is 2.38 bits per heavy atom. The van der Waals surface area contributed by atoms with Gasteiger partial charge in [-0.15, -0.1) is 0 Å². The maximum atomic E-state index is 10.8. The molecule has 0 amide bonds. The van der Waals surface area contributed by atoms with Crippen LogP contribution in [0.3, 0.4) is 0 Å². The minimum atomic E-state index is 0.188.